The quantitative estimate of drug-likeness (QED) is 0.703. The second-order valence-corrected chi connectivity index (χ2v) is 8.52. The van der Waals surface area contributed by atoms with Crippen molar-refractivity contribution in [3.63, 3.8) is 0 Å². The molecule has 0 radical (unpaired) electrons. The van der Waals surface area contributed by atoms with E-state index in [1.54, 1.807) is 0 Å². The van der Waals surface area contributed by atoms with E-state index in [4.69, 9.17) is 5.73 Å². The molecule has 1 amide bonds. The van der Waals surface area contributed by atoms with Gasteiger partial charge in [0.15, 0.2) is 5.69 Å². The van der Waals surface area contributed by atoms with Crippen molar-refractivity contribution in [3.05, 3.63) is 42.2 Å². The van der Waals surface area contributed by atoms with Gasteiger partial charge in [0, 0.05) is 18.0 Å². The zero-order valence-electron chi connectivity index (χ0n) is 17.3. The summed E-state index contributed by atoms with van der Waals surface area (Å²) in [7, 11) is 0. The van der Waals surface area contributed by atoms with Crippen LogP contribution in [0.25, 0.3) is 0 Å². The summed E-state index contributed by atoms with van der Waals surface area (Å²) in [5.74, 6) is -0.0605. The van der Waals surface area contributed by atoms with Gasteiger partial charge in [0.05, 0.1) is 4.88 Å². The van der Waals surface area contributed by atoms with Crippen molar-refractivity contribution in [3.8, 4) is 0 Å². The summed E-state index contributed by atoms with van der Waals surface area (Å²) in [6.45, 7) is 10.7. The number of carbonyl (C=O) groups is 1. The van der Waals surface area contributed by atoms with Crippen LogP contribution in [0.15, 0.2) is 15.7 Å². The molecule has 0 aliphatic heterocycles. The Hall–Kier alpha value is -2.35. The minimum absolute atomic E-state index is 0.0379. The topological polar surface area (TPSA) is 101 Å². The van der Waals surface area contributed by atoms with Crippen molar-refractivity contribution in [1.29, 1.82) is 0 Å². The monoisotopic (exact) mass is 406 g/mol. The van der Waals surface area contributed by atoms with E-state index >= 15 is 0 Å². The van der Waals surface area contributed by atoms with E-state index in [9.17, 15) is 14.4 Å². The number of nitrogens with two attached hydrogens (primary N) is 1. The summed E-state index contributed by atoms with van der Waals surface area (Å²) < 4.78 is 1.34. The maximum Gasteiger partial charge on any atom is 0.330 e. The first-order chi connectivity index (χ1) is 13.2. The van der Waals surface area contributed by atoms with E-state index in [0.717, 1.165) is 29.7 Å². The molecule has 0 aliphatic carbocycles. The highest BCUT2D eigenvalue weighted by Crippen LogP contribution is 2.27. The van der Waals surface area contributed by atoms with Gasteiger partial charge in [-0.2, -0.15) is 0 Å². The van der Waals surface area contributed by atoms with E-state index in [0.29, 0.717) is 18.0 Å². The van der Waals surface area contributed by atoms with Gasteiger partial charge in [0.25, 0.3) is 11.5 Å². The fourth-order valence-corrected chi connectivity index (χ4v) is 4.19. The van der Waals surface area contributed by atoms with Gasteiger partial charge in [-0.25, -0.2) is 4.79 Å². The van der Waals surface area contributed by atoms with Crippen LogP contribution in [0.5, 0.6) is 0 Å². The fourth-order valence-electron chi connectivity index (χ4n) is 3.12. The molecule has 0 saturated heterocycles. The van der Waals surface area contributed by atoms with Gasteiger partial charge in [-0.15, -0.1) is 11.3 Å². The number of aryl methyl sites for hydroxylation is 2. The number of amides is 1. The molecule has 0 atom stereocenters. The Balaban J connectivity index is 2.60. The number of H-pyrrole nitrogens is 1. The van der Waals surface area contributed by atoms with Crippen molar-refractivity contribution < 1.29 is 4.79 Å². The Labute approximate surface area is 169 Å². The molecule has 2 rings (SSSR count). The number of nitrogen functional groups attached to an aromatic ring is 1. The molecule has 2 heterocycles. The van der Waals surface area contributed by atoms with Crippen LogP contribution in [0, 0.1) is 12.8 Å². The number of rotatable bonds is 8. The summed E-state index contributed by atoms with van der Waals surface area (Å²) in [6.07, 6.45) is 2.43. The number of hydrogen-bond donors (Lipinski definition) is 2. The fraction of sp³-hybridized carbons (Fsp3) is 0.550. The van der Waals surface area contributed by atoms with Gasteiger partial charge < -0.3 is 5.73 Å². The average Bonchev–Trinajstić information content (AvgIpc) is 3.01. The first-order valence-corrected chi connectivity index (χ1v) is 10.6. The highest BCUT2D eigenvalue weighted by molar-refractivity contribution is 7.14. The SMILES string of the molecule is CCCCN(C(=O)c1cc(C)c(CC)s1)c1c(N)n(CC(C)C)c(=O)[nH]c1=O. The summed E-state index contributed by atoms with van der Waals surface area (Å²) >= 11 is 1.44. The lowest BCUT2D eigenvalue weighted by Gasteiger charge is -2.24. The van der Waals surface area contributed by atoms with Crippen LogP contribution in [-0.2, 0) is 13.0 Å². The van der Waals surface area contributed by atoms with Crippen molar-refractivity contribution in [2.45, 2.75) is 60.4 Å². The third-order valence-corrected chi connectivity index (χ3v) is 5.93. The zero-order valence-corrected chi connectivity index (χ0v) is 18.1. The Morgan fingerprint density at radius 3 is 2.54 bits per heavy atom. The van der Waals surface area contributed by atoms with Crippen LogP contribution in [0.4, 0.5) is 11.5 Å². The van der Waals surface area contributed by atoms with Gasteiger partial charge in [-0.3, -0.25) is 24.0 Å². The van der Waals surface area contributed by atoms with Crippen molar-refractivity contribution in [2.24, 2.45) is 5.92 Å². The summed E-state index contributed by atoms with van der Waals surface area (Å²) in [6, 6.07) is 1.86. The maximum atomic E-state index is 13.3. The van der Waals surface area contributed by atoms with Crippen molar-refractivity contribution in [1.82, 2.24) is 9.55 Å². The Kier molecular flexibility index (Phi) is 7.23. The summed E-state index contributed by atoms with van der Waals surface area (Å²) in [5, 5.41) is 0. The van der Waals surface area contributed by atoms with Crippen LogP contribution in [-0.4, -0.2) is 22.0 Å². The highest BCUT2D eigenvalue weighted by atomic mass is 32.1. The van der Waals surface area contributed by atoms with Crippen molar-refractivity contribution in [2.75, 3.05) is 17.2 Å². The molecule has 28 heavy (non-hydrogen) atoms. The lowest BCUT2D eigenvalue weighted by Crippen LogP contribution is -2.41. The number of thiophene rings is 1. The molecule has 2 aromatic rings. The van der Waals surface area contributed by atoms with E-state index in [2.05, 4.69) is 4.98 Å². The highest BCUT2D eigenvalue weighted by Gasteiger charge is 2.26. The predicted octanol–water partition coefficient (Wildman–Crippen LogP) is 3.15. The Morgan fingerprint density at radius 1 is 1.32 bits per heavy atom. The maximum absolute atomic E-state index is 13.3. The number of hydrogen-bond acceptors (Lipinski definition) is 5. The van der Waals surface area contributed by atoms with Crippen molar-refractivity contribution >= 4 is 28.7 Å². The number of anilines is 2. The lowest BCUT2D eigenvalue weighted by atomic mass is 10.2. The number of nitrogens with one attached hydrogen (secondary N) is 1. The van der Waals surface area contributed by atoms with Crippen LogP contribution >= 0.6 is 11.3 Å². The van der Waals surface area contributed by atoms with E-state index in [1.807, 2.05) is 40.7 Å². The molecule has 2 aromatic heterocycles. The number of aromatic nitrogens is 2. The van der Waals surface area contributed by atoms with Gasteiger partial charge in [0.1, 0.15) is 5.82 Å². The molecular weight excluding hydrogens is 376 g/mol. The smallest absolute Gasteiger partial charge is 0.330 e. The lowest BCUT2D eigenvalue weighted by molar-refractivity contribution is 0.0990. The standard InChI is InChI=1S/C20H30N4O3S/c1-6-8-9-23(19(26)15-10-13(5)14(7-2)28-15)16-17(21)24(11-12(3)4)20(27)22-18(16)25/h10,12H,6-9,11,21H2,1-5H3,(H,22,25,27). The Bertz CT molecular complexity index is 955. The van der Waals surface area contributed by atoms with Gasteiger partial charge in [0.2, 0.25) is 0 Å². The van der Waals surface area contributed by atoms with Crippen LogP contribution in [0.3, 0.4) is 0 Å². The van der Waals surface area contributed by atoms with Gasteiger partial charge >= 0.3 is 5.69 Å². The number of carbonyl (C=O) groups excluding carboxylic acids is 1. The van der Waals surface area contributed by atoms with Crippen LogP contribution in [0.1, 0.15) is 60.6 Å². The van der Waals surface area contributed by atoms with Gasteiger partial charge in [-0.1, -0.05) is 34.1 Å². The molecule has 154 valence electrons. The molecule has 0 aromatic carbocycles. The minimum Gasteiger partial charge on any atom is -0.383 e. The third-order valence-electron chi connectivity index (χ3n) is 4.56. The van der Waals surface area contributed by atoms with Crippen LogP contribution < -0.4 is 21.9 Å². The predicted molar refractivity (Wildman–Crippen MR) is 116 cm³/mol. The molecule has 0 saturated carbocycles. The minimum atomic E-state index is -0.629. The molecule has 0 aliphatic rings. The number of nitrogens with zero attached hydrogens (tertiary/aromatic N) is 2. The second-order valence-electron chi connectivity index (χ2n) is 7.38. The molecule has 0 unspecified atom stereocenters. The molecule has 0 spiro atoms. The zero-order chi connectivity index (χ0) is 21.0. The van der Waals surface area contributed by atoms with E-state index in [1.165, 1.54) is 20.8 Å². The average molecular weight is 407 g/mol. The molecule has 7 nitrogen and oxygen atoms in total. The summed E-state index contributed by atoms with van der Waals surface area (Å²) in [4.78, 5) is 43.6. The number of aromatic amines is 1. The third kappa shape index (κ3) is 4.55. The Morgan fingerprint density at radius 2 is 2.00 bits per heavy atom. The van der Waals surface area contributed by atoms with Gasteiger partial charge in [-0.05, 0) is 37.3 Å². The molecule has 3 N–H and O–H groups in total. The second kappa shape index (κ2) is 9.23. The first-order valence-electron chi connectivity index (χ1n) is 9.74. The van der Waals surface area contributed by atoms with E-state index in [-0.39, 0.29) is 23.3 Å². The number of unbranched alkanes of at least 4 members (excludes halogenated alkanes) is 1. The molecular formula is C20H30N4O3S. The molecule has 8 heteroatoms. The first kappa shape index (κ1) is 21.9. The van der Waals surface area contributed by atoms with E-state index < -0.39 is 11.2 Å². The molecule has 0 bridgehead atoms. The summed E-state index contributed by atoms with van der Waals surface area (Å²) in [5.41, 5.74) is 6.18. The normalized spacial score (nSPS) is 11.2. The largest absolute Gasteiger partial charge is 0.383 e. The van der Waals surface area contributed by atoms with Crippen LogP contribution in [0.2, 0.25) is 0 Å². The molecule has 0 fully saturated rings.